The summed E-state index contributed by atoms with van der Waals surface area (Å²) in [5.74, 6) is 0. The summed E-state index contributed by atoms with van der Waals surface area (Å²) in [6, 6.07) is 9.20. The lowest BCUT2D eigenvalue weighted by atomic mass is 10.0. The molecule has 0 amide bonds. The third kappa shape index (κ3) is 2.52. The third-order valence-electron chi connectivity index (χ3n) is 3.12. The van der Waals surface area contributed by atoms with Crippen LogP contribution < -0.4 is 0 Å². The molecule has 20 heavy (non-hydrogen) atoms. The Bertz CT molecular complexity index is 744. The Kier molecular flexibility index (Phi) is 2.97. The van der Waals surface area contributed by atoms with Crippen molar-refractivity contribution in [1.29, 1.82) is 0 Å². The van der Waals surface area contributed by atoms with Crippen LogP contribution in [0, 0.1) is 0 Å². The van der Waals surface area contributed by atoms with Crippen LogP contribution in [0.4, 0.5) is 13.2 Å². The molecule has 5 heteroatoms. The molecule has 2 nitrogen and oxygen atoms in total. The highest BCUT2D eigenvalue weighted by atomic mass is 19.4. The molecule has 0 radical (unpaired) electrons. The van der Waals surface area contributed by atoms with E-state index in [0.717, 1.165) is 22.7 Å². The zero-order valence-corrected chi connectivity index (χ0v) is 10.4. The molecule has 2 aromatic heterocycles. The minimum atomic E-state index is -4.31. The van der Waals surface area contributed by atoms with Crippen molar-refractivity contribution in [2.45, 2.75) is 12.6 Å². The van der Waals surface area contributed by atoms with E-state index in [1.807, 2.05) is 12.1 Å². The first-order valence-electron chi connectivity index (χ1n) is 6.10. The van der Waals surface area contributed by atoms with E-state index in [0.29, 0.717) is 12.0 Å². The molecule has 0 atom stereocenters. The van der Waals surface area contributed by atoms with Crippen molar-refractivity contribution >= 4 is 11.0 Å². The highest BCUT2D eigenvalue weighted by Crippen LogP contribution is 2.30. The van der Waals surface area contributed by atoms with Crippen molar-refractivity contribution in [3.8, 4) is 0 Å². The number of nitrogens with one attached hydrogen (secondary N) is 1. The van der Waals surface area contributed by atoms with Gasteiger partial charge in [-0.2, -0.15) is 13.2 Å². The molecule has 0 unspecified atom stereocenters. The summed E-state index contributed by atoms with van der Waals surface area (Å²) in [4.78, 5) is 7.21. The maximum absolute atomic E-state index is 12.7. The second kappa shape index (κ2) is 4.67. The average molecular weight is 276 g/mol. The van der Waals surface area contributed by atoms with Crippen LogP contribution in [-0.4, -0.2) is 9.97 Å². The average Bonchev–Trinajstić information content (AvgIpc) is 2.85. The van der Waals surface area contributed by atoms with Crippen molar-refractivity contribution < 1.29 is 13.2 Å². The molecule has 0 aliphatic heterocycles. The summed E-state index contributed by atoms with van der Waals surface area (Å²) in [6.45, 7) is 0. The van der Waals surface area contributed by atoms with Gasteiger partial charge in [0.05, 0.1) is 5.56 Å². The summed E-state index contributed by atoms with van der Waals surface area (Å²) in [5, 5.41) is 0.953. The van der Waals surface area contributed by atoms with Crippen LogP contribution in [0.1, 0.15) is 16.7 Å². The maximum Gasteiger partial charge on any atom is 0.416 e. The Balaban J connectivity index is 1.90. The van der Waals surface area contributed by atoms with Gasteiger partial charge >= 0.3 is 6.18 Å². The number of pyridine rings is 1. The van der Waals surface area contributed by atoms with Crippen LogP contribution in [0.3, 0.4) is 0 Å². The van der Waals surface area contributed by atoms with Gasteiger partial charge in [0.25, 0.3) is 0 Å². The summed E-state index contributed by atoms with van der Waals surface area (Å²) in [6.07, 6.45) is -0.415. The first-order chi connectivity index (χ1) is 9.52. The van der Waals surface area contributed by atoms with Gasteiger partial charge in [0, 0.05) is 17.8 Å². The Hall–Kier alpha value is -2.30. The molecule has 0 aliphatic carbocycles. The minimum Gasteiger partial charge on any atom is -0.346 e. The number of H-pyrrole nitrogens is 1. The fourth-order valence-corrected chi connectivity index (χ4v) is 2.18. The van der Waals surface area contributed by atoms with Crippen molar-refractivity contribution in [2.24, 2.45) is 0 Å². The van der Waals surface area contributed by atoms with Gasteiger partial charge in [0.15, 0.2) is 0 Å². The Labute approximate surface area is 113 Å². The summed E-state index contributed by atoms with van der Waals surface area (Å²) >= 11 is 0. The number of nitrogens with zero attached hydrogens (tertiary/aromatic N) is 1. The molecule has 3 aromatic rings. The lowest BCUT2D eigenvalue weighted by molar-refractivity contribution is -0.137. The topological polar surface area (TPSA) is 28.7 Å². The van der Waals surface area contributed by atoms with Gasteiger partial charge in [-0.25, -0.2) is 4.98 Å². The zero-order valence-electron chi connectivity index (χ0n) is 10.4. The molecule has 102 valence electrons. The Morgan fingerprint density at radius 3 is 2.70 bits per heavy atom. The first kappa shape index (κ1) is 12.7. The van der Waals surface area contributed by atoms with E-state index in [2.05, 4.69) is 9.97 Å². The molecule has 0 spiro atoms. The van der Waals surface area contributed by atoms with Crippen LogP contribution >= 0.6 is 0 Å². The number of benzene rings is 1. The lowest BCUT2D eigenvalue weighted by Crippen LogP contribution is -2.05. The summed E-state index contributed by atoms with van der Waals surface area (Å²) < 4.78 is 38.0. The van der Waals surface area contributed by atoms with Gasteiger partial charge in [-0.3, -0.25) is 0 Å². The van der Waals surface area contributed by atoms with Crippen LogP contribution in [0.5, 0.6) is 0 Å². The van der Waals surface area contributed by atoms with Gasteiger partial charge in [-0.15, -0.1) is 0 Å². The van der Waals surface area contributed by atoms with Crippen LogP contribution in [0.15, 0.2) is 48.8 Å². The second-order valence-electron chi connectivity index (χ2n) is 4.63. The second-order valence-corrected chi connectivity index (χ2v) is 4.63. The molecule has 0 saturated carbocycles. The largest absolute Gasteiger partial charge is 0.416 e. The number of hydrogen-bond acceptors (Lipinski definition) is 1. The summed E-state index contributed by atoms with van der Waals surface area (Å²) in [5.41, 5.74) is 1.66. The lowest BCUT2D eigenvalue weighted by Gasteiger charge is -2.08. The van der Waals surface area contributed by atoms with E-state index in [1.54, 1.807) is 18.5 Å². The van der Waals surface area contributed by atoms with Crippen LogP contribution in [0.2, 0.25) is 0 Å². The number of alkyl halides is 3. The molecule has 1 N–H and O–H groups in total. The maximum atomic E-state index is 12.7. The van der Waals surface area contributed by atoms with E-state index >= 15 is 0 Å². The number of fused-ring (bicyclic) bond motifs is 1. The van der Waals surface area contributed by atoms with Gasteiger partial charge in [-0.1, -0.05) is 18.2 Å². The fourth-order valence-electron chi connectivity index (χ4n) is 2.18. The third-order valence-corrected chi connectivity index (χ3v) is 3.12. The van der Waals surface area contributed by atoms with Crippen molar-refractivity contribution in [2.75, 3.05) is 0 Å². The molecular weight excluding hydrogens is 265 g/mol. The van der Waals surface area contributed by atoms with E-state index in [9.17, 15) is 13.2 Å². The number of aromatic nitrogens is 2. The van der Waals surface area contributed by atoms with Crippen molar-refractivity contribution in [1.82, 2.24) is 9.97 Å². The summed E-state index contributed by atoms with van der Waals surface area (Å²) in [7, 11) is 0. The predicted octanol–water partition coefficient (Wildman–Crippen LogP) is 4.17. The van der Waals surface area contributed by atoms with Crippen LogP contribution in [0.25, 0.3) is 11.0 Å². The highest BCUT2D eigenvalue weighted by molar-refractivity contribution is 5.75. The highest BCUT2D eigenvalue weighted by Gasteiger charge is 2.30. The quantitative estimate of drug-likeness (QED) is 0.747. The molecule has 0 fully saturated rings. The molecule has 0 saturated heterocycles. The number of hydrogen-bond donors (Lipinski definition) is 1. The molecule has 2 heterocycles. The van der Waals surface area contributed by atoms with E-state index in [1.165, 1.54) is 12.1 Å². The molecular formula is C15H11F3N2. The molecule has 1 aromatic carbocycles. The SMILES string of the molecule is FC(F)(F)c1cccc(Cc2cnc3[nH]ccc3c2)c1. The first-order valence-corrected chi connectivity index (χ1v) is 6.10. The smallest absolute Gasteiger partial charge is 0.346 e. The monoisotopic (exact) mass is 276 g/mol. The van der Waals surface area contributed by atoms with Crippen LogP contribution in [-0.2, 0) is 12.6 Å². The van der Waals surface area contributed by atoms with E-state index in [-0.39, 0.29) is 0 Å². The minimum absolute atomic E-state index is 0.429. The van der Waals surface area contributed by atoms with Crippen molar-refractivity contribution in [3.63, 3.8) is 0 Å². The van der Waals surface area contributed by atoms with Gasteiger partial charge in [-0.05, 0) is 35.7 Å². The number of halogens is 3. The Morgan fingerprint density at radius 1 is 1.05 bits per heavy atom. The van der Waals surface area contributed by atoms with Crippen molar-refractivity contribution in [3.05, 3.63) is 65.5 Å². The number of rotatable bonds is 2. The molecule has 0 bridgehead atoms. The Morgan fingerprint density at radius 2 is 1.90 bits per heavy atom. The zero-order chi connectivity index (χ0) is 14.2. The van der Waals surface area contributed by atoms with Gasteiger partial charge < -0.3 is 4.98 Å². The normalized spacial score (nSPS) is 11.9. The van der Waals surface area contributed by atoms with Gasteiger partial charge in [0.2, 0.25) is 0 Å². The van der Waals surface area contributed by atoms with E-state index < -0.39 is 11.7 Å². The standard InChI is InChI=1S/C15H11F3N2/c16-15(17,18)13-3-1-2-10(8-13)6-11-7-12-4-5-19-14(12)20-9-11/h1-5,7-9H,6H2,(H,19,20). The van der Waals surface area contributed by atoms with Gasteiger partial charge in [0.1, 0.15) is 5.65 Å². The van der Waals surface area contributed by atoms with E-state index in [4.69, 9.17) is 0 Å². The molecule has 0 aliphatic rings. The number of aromatic amines is 1. The predicted molar refractivity (Wildman–Crippen MR) is 70.3 cm³/mol. The molecule has 3 rings (SSSR count). The fraction of sp³-hybridized carbons (Fsp3) is 0.133.